The molecular formula is C18H17N3O4S. The van der Waals surface area contributed by atoms with Gasteiger partial charge in [0.1, 0.15) is 5.56 Å². The second kappa shape index (κ2) is 6.05. The van der Waals surface area contributed by atoms with E-state index in [0.717, 1.165) is 24.2 Å². The van der Waals surface area contributed by atoms with Crippen molar-refractivity contribution in [2.45, 2.75) is 37.1 Å². The van der Waals surface area contributed by atoms with Gasteiger partial charge in [-0.2, -0.15) is 0 Å². The van der Waals surface area contributed by atoms with E-state index in [1.54, 1.807) is 21.2 Å². The number of aromatic nitrogens is 2. The summed E-state index contributed by atoms with van der Waals surface area (Å²) in [5.74, 6) is 1.95. The number of amides is 1. The first-order valence-corrected chi connectivity index (χ1v) is 9.62. The molecule has 2 aromatic rings. The molecule has 0 bridgehead atoms. The summed E-state index contributed by atoms with van der Waals surface area (Å²) in [6.07, 6.45) is 3.33. The van der Waals surface area contributed by atoms with E-state index in [1.165, 1.54) is 6.20 Å². The van der Waals surface area contributed by atoms with Gasteiger partial charge in [-0.05, 0) is 18.9 Å². The van der Waals surface area contributed by atoms with Gasteiger partial charge in [0, 0.05) is 30.1 Å². The normalized spacial score (nSPS) is 17.2. The van der Waals surface area contributed by atoms with E-state index >= 15 is 0 Å². The highest BCUT2D eigenvalue weighted by molar-refractivity contribution is 7.99. The van der Waals surface area contributed by atoms with Crippen molar-refractivity contribution < 1.29 is 14.3 Å². The molecule has 0 atom stereocenters. The smallest absolute Gasteiger partial charge is 0.267 e. The van der Waals surface area contributed by atoms with Gasteiger partial charge in [0.25, 0.3) is 11.5 Å². The fourth-order valence-electron chi connectivity index (χ4n) is 3.37. The Morgan fingerprint density at radius 3 is 3.08 bits per heavy atom. The van der Waals surface area contributed by atoms with Gasteiger partial charge in [0.15, 0.2) is 16.7 Å². The van der Waals surface area contributed by atoms with Gasteiger partial charge in [-0.3, -0.25) is 14.2 Å². The molecule has 0 radical (unpaired) electrons. The number of ether oxygens (including phenoxy) is 2. The summed E-state index contributed by atoms with van der Waals surface area (Å²) in [5.41, 5.74) is 0.798. The Labute approximate surface area is 153 Å². The van der Waals surface area contributed by atoms with Crippen LogP contribution in [-0.2, 0) is 13.1 Å². The van der Waals surface area contributed by atoms with Gasteiger partial charge in [0.05, 0.1) is 6.54 Å². The molecule has 2 aliphatic heterocycles. The minimum absolute atomic E-state index is 0.146. The Kier molecular flexibility index (Phi) is 3.66. The lowest BCUT2D eigenvalue weighted by atomic mass is 10.1. The molecule has 3 heterocycles. The largest absolute Gasteiger partial charge is 0.454 e. The molecule has 0 unspecified atom stereocenters. The van der Waals surface area contributed by atoms with Crippen LogP contribution < -0.4 is 15.0 Å². The van der Waals surface area contributed by atoms with E-state index in [4.69, 9.17) is 9.47 Å². The molecule has 0 spiro atoms. The standard InChI is InChI=1S/C18H17N3O4S/c22-16-13(8-19-18-20(16)6-7-26-18)17(23)21(12-4-5-12)9-11-2-1-3-14-15(11)25-10-24-14/h1-3,8,12H,4-7,9-10H2. The van der Waals surface area contributed by atoms with Crippen molar-refractivity contribution in [3.05, 3.63) is 45.9 Å². The van der Waals surface area contributed by atoms with Crippen molar-refractivity contribution >= 4 is 17.7 Å². The van der Waals surface area contributed by atoms with Gasteiger partial charge < -0.3 is 14.4 Å². The Hall–Kier alpha value is -2.48. The Balaban J connectivity index is 1.48. The van der Waals surface area contributed by atoms with Crippen LogP contribution >= 0.6 is 11.8 Å². The van der Waals surface area contributed by atoms with Crippen LogP contribution in [0.15, 0.2) is 34.3 Å². The van der Waals surface area contributed by atoms with Crippen LogP contribution in [0.4, 0.5) is 0 Å². The summed E-state index contributed by atoms with van der Waals surface area (Å²) in [7, 11) is 0. The van der Waals surface area contributed by atoms with Crippen LogP contribution in [-0.4, -0.2) is 38.9 Å². The van der Waals surface area contributed by atoms with E-state index in [-0.39, 0.29) is 29.9 Å². The molecule has 3 aliphatic rings. The maximum absolute atomic E-state index is 13.1. The molecule has 5 rings (SSSR count). The van der Waals surface area contributed by atoms with Crippen LogP contribution in [0, 0.1) is 0 Å². The highest BCUT2D eigenvalue weighted by Gasteiger charge is 2.36. The summed E-state index contributed by atoms with van der Waals surface area (Å²) in [5, 5.41) is 0.691. The summed E-state index contributed by atoms with van der Waals surface area (Å²) in [6, 6.07) is 5.83. The lowest BCUT2D eigenvalue weighted by Gasteiger charge is -2.23. The van der Waals surface area contributed by atoms with Gasteiger partial charge in [0.2, 0.25) is 6.79 Å². The highest BCUT2D eigenvalue weighted by atomic mass is 32.2. The Morgan fingerprint density at radius 2 is 2.23 bits per heavy atom. The van der Waals surface area contributed by atoms with E-state index < -0.39 is 0 Å². The molecule has 1 aromatic heterocycles. The number of hydrogen-bond acceptors (Lipinski definition) is 6. The first-order chi connectivity index (χ1) is 12.7. The second-order valence-corrected chi connectivity index (χ2v) is 7.64. The minimum atomic E-state index is -0.256. The van der Waals surface area contributed by atoms with E-state index in [2.05, 4.69) is 4.98 Å². The predicted octanol–water partition coefficient (Wildman–Crippen LogP) is 1.88. The third-order valence-electron chi connectivity index (χ3n) is 4.85. The molecule has 1 aliphatic carbocycles. The third-order valence-corrected chi connectivity index (χ3v) is 5.83. The molecule has 0 N–H and O–H groups in total. The van der Waals surface area contributed by atoms with E-state index in [9.17, 15) is 9.59 Å². The molecular weight excluding hydrogens is 354 g/mol. The van der Waals surface area contributed by atoms with Crippen molar-refractivity contribution in [2.75, 3.05) is 12.5 Å². The number of para-hydroxylation sites is 1. The monoisotopic (exact) mass is 371 g/mol. The average Bonchev–Trinajstić information content (AvgIpc) is 3.17. The van der Waals surface area contributed by atoms with Crippen LogP contribution in [0.3, 0.4) is 0 Å². The van der Waals surface area contributed by atoms with E-state index in [1.807, 2.05) is 18.2 Å². The number of rotatable bonds is 4. The first kappa shape index (κ1) is 15.7. The fourth-order valence-corrected chi connectivity index (χ4v) is 4.28. The number of carbonyl (C=O) groups is 1. The molecule has 26 heavy (non-hydrogen) atoms. The molecule has 1 fully saturated rings. The highest BCUT2D eigenvalue weighted by Crippen LogP contribution is 2.38. The van der Waals surface area contributed by atoms with Crippen LogP contribution in [0.1, 0.15) is 28.8 Å². The first-order valence-electron chi connectivity index (χ1n) is 8.63. The summed E-state index contributed by atoms with van der Waals surface area (Å²) >= 11 is 1.54. The number of hydrogen-bond donors (Lipinski definition) is 0. The molecule has 7 nitrogen and oxygen atoms in total. The molecule has 0 saturated heterocycles. The van der Waals surface area contributed by atoms with Crippen LogP contribution in [0.25, 0.3) is 0 Å². The number of nitrogens with zero attached hydrogens (tertiary/aromatic N) is 3. The van der Waals surface area contributed by atoms with Crippen molar-refractivity contribution in [3.63, 3.8) is 0 Å². The zero-order chi connectivity index (χ0) is 17.7. The van der Waals surface area contributed by atoms with Crippen molar-refractivity contribution in [1.29, 1.82) is 0 Å². The van der Waals surface area contributed by atoms with Crippen molar-refractivity contribution in [3.8, 4) is 11.5 Å². The van der Waals surface area contributed by atoms with Crippen LogP contribution in [0.5, 0.6) is 11.5 Å². The lowest BCUT2D eigenvalue weighted by Crippen LogP contribution is -2.38. The number of thioether (sulfide) groups is 1. The SMILES string of the molecule is O=C(c1cnc2n(c1=O)CCS2)N(Cc1cccc2c1OCO2)C1CC1. The van der Waals surface area contributed by atoms with Crippen molar-refractivity contribution in [1.82, 2.24) is 14.5 Å². The minimum Gasteiger partial charge on any atom is -0.454 e. The maximum Gasteiger partial charge on any atom is 0.267 e. The summed E-state index contributed by atoms with van der Waals surface area (Å²) in [6.45, 7) is 1.19. The lowest BCUT2D eigenvalue weighted by molar-refractivity contribution is 0.0725. The number of carbonyl (C=O) groups excluding carboxylic acids is 1. The van der Waals surface area contributed by atoms with Gasteiger partial charge in [-0.15, -0.1) is 0 Å². The second-order valence-electron chi connectivity index (χ2n) is 6.57. The molecule has 134 valence electrons. The molecule has 1 amide bonds. The van der Waals surface area contributed by atoms with Gasteiger partial charge >= 0.3 is 0 Å². The fraction of sp³-hybridized carbons (Fsp3) is 0.389. The predicted molar refractivity (Wildman–Crippen MR) is 94.7 cm³/mol. The van der Waals surface area contributed by atoms with Gasteiger partial charge in [-0.25, -0.2) is 4.98 Å². The third kappa shape index (κ3) is 2.56. The Bertz CT molecular complexity index is 954. The molecule has 8 heteroatoms. The topological polar surface area (TPSA) is 73.7 Å². The summed E-state index contributed by atoms with van der Waals surface area (Å²) in [4.78, 5) is 31.9. The molecule has 1 saturated carbocycles. The van der Waals surface area contributed by atoms with Gasteiger partial charge in [-0.1, -0.05) is 23.9 Å². The number of fused-ring (bicyclic) bond motifs is 2. The zero-order valence-corrected chi connectivity index (χ0v) is 14.8. The zero-order valence-electron chi connectivity index (χ0n) is 14.0. The van der Waals surface area contributed by atoms with Crippen LogP contribution in [0.2, 0.25) is 0 Å². The average molecular weight is 371 g/mol. The number of benzene rings is 1. The maximum atomic E-state index is 13.1. The van der Waals surface area contributed by atoms with E-state index in [0.29, 0.717) is 29.7 Å². The Morgan fingerprint density at radius 1 is 1.35 bits per heavy atom. The summed E-state index contributed by atoms with van der Waals surface area (Å²) < 4.78 is 12.6. The molecule has 1 aromatic carbocycles. The van der Waals surface area contributed by atoms with Crippen molar-refractivity contribution in [2.24, 2.45) is 0 Å². The quantitative estimate of drug-likeness (QED) is 0.764.